The molecular formula is C12H15BrFNOS. The Kier molecular flexibility index (Phi) is 5.98. The highest BCUT2D eigenvalue weighted by Crippen LogP contribution is 2.16. The SMILES string of the molecule is CCC(CSC)NC(=O)c1ccc(Br)c(F)c1. The van der Waals surface area contributed by atoms with E-state index in [1.54, 1.807) is 23.9 Å². The van der Waals surface area contributed by atoms with Crippen molar-refractivity contribution in [3.05, 3.63) is 34.1 Å². The lowest BCUT2D eigenvalue weighted by atomic mass is 10.2. The van der Waals surface area contributed by atoms with Crippen LogP contribution in [0.3, 0.4) is 0 Å². The highest BCUT2D eigenvalue weighted by molar-refractivity contribution is 9.10. The fraction of sp³-hybridized carbons (Fsp3) is 0.417. The quantitative estimate of drug-likeness (QED) is 0.900. The molecule has 5 heteroatoms. The number of rotatable bonds is 5. The Labute approximate surface area is 113 Å². The zero-order valence-electron chi connectivity index (χ0n) is 9.80. The Morgan fingerprint density at radius 2 is 2.29 bits per heavy atom. The lowest BCUT2D eigenvalue weighted by Crippen LogP contribution is -2.36. The van der Waals surface area contributed by atoms with Gasteiger partial charge in [-0.1, -0.05) is 6.92 Å². The Hall–Kier alpha value is -0.550. The molecule has 0 radical (unpaired) electrons. The summed E-state index contributed by atoms with van der Waals surface area (Å²) < 4.78 is 13.6. The molecule has 94 valence electrons. The van der Waals surface area contributed by atoms with Gasteiger partial charge in [0.15, 0.2) is 0 Å². The van der Waals surface area contributed by atoms with Crippen molar-refractivity contribution >= 4 is 33.6 Å². The average Bonchev–Trinajstić information content (AvgIpc) is 2.31. The first-order valence-corrected chi connectivity index (χ1v) is 7.52. The van der Waals surface area contributed by atoms with Crippen LogP contribution in [0.2, 0.25) is 0 Å². The number of carbonyl (C=O) groups is 1. The first-order chi connectivity index (χ1) is 8.08. The van der Waals surface area contributed by atoms with Crippen LogP contribution in [-0.4, -0.2) is 24.0 Å². The summed E-state index contributed by atoms with van der Waals surface area (Å²) in [5, 5.41) is 2.89. The molecule has 1 N–H and O–H groups in total. The van der Waals surface area contributed by atoms with Gasteiger partial charge in [0.25, 0.3) is 5.91 Å². The van der Waals surface area contributed by atoms with E-state index in [2.05, 4.69) is 21.2 Å². The summed E-state index contributed by atoms with van der Waals surface area (Å²) in [6.45, 7) is 2.02. The predicted octanol–water partition coefficient (Wildman–Crippen LogP) is 3.46. The van der Waals surface area contributed by atoms with Crippen LogP contribution >= 0.6 is 27.7 Å². The van der Waals surface area contributed by atoms with Crippen LogP contribution < -0.4 is 5.32 Å². The molecule has 0 saturated heterocycles. The van der Waals surface area contributed by atoms with E-state index in [1.807, 2.05) is 13.2 Å². The summed E-state index contributed by atoms with van der Waals surface area (Å²) in [5.74, 6) is 0.217. The fourth-order valence-corrected chi connectivity index (χ4v) is 2.34. The van der Waals surface area contributed by atoms with E-state index in [4.69, 9.17) is 0 Å². The van der Waals surface area contributed by atoms with Crippen molar-refractivity contribution in [1.82, 2.24) is 5.32 Å². The number of carbonyl (C=O) groups excluding carboxylic acids is 1. The Balaban J connectivity index is 2.72. The van der Waals surface area contributed by atoms with Gasteiger partial charge in [0.2, 0.25) is 0 Å². The monoisotopic (exact) mass is 319 g/mol. The van der Waals surface area contributed by atoms with Crippen molar-refractivity contribution in [1.29, 1.82) is 0 Å². The molecule has 0 aliphatic heterocycles. The van der Waals surface area contributed by atoms with Crippen LogP contribution in [0, 0.1) is 5.82 Å². The molecule has 1 amide bonds. The molecule has 0 saturated carbocycles. The highest BCUT2D eigenvalue weighted by Gasteiger charge is 2.13. The zero-order valence-corrected chi connectivity index (χ0v) is 12.2. The van der Waals surface area contributed by atoms with Crippen molar-refractivity contribution < 1.29 is 9.18 Å². The van der Waals surface area contributed by atoms with Crippen molar-refractivity contribution in [3.8, 4) is 0 Å². The number of hydrogen-bond donors (Lipinski definition) is 1. The standard InChI is InChI=1S/C12H15BrFNOS/c1-3-9(7-17-2)15-12(16)8-4-5-10(13)11(14)6-8/h4-6,9H,3,7H2,1-2H3,(H,15,16). The Bertz CT molecular complexity index is 400. The summed E-state index contributed by atoms with van der Waals surface area (Å²) in [4.78, 5) is 11.8. The number of thioether (sulfide) groups is 1. The molecule has 0 aliphatic carbocycles. The number of hydrogen-bond acceptors (Lipinski definition) is 2. The van der Waals surface area contributed by atoms with Crippen LogP contribution in [0.15, 0.2) is 22.7 Å². The zero-order chi connectivity index (χ0) is 12.8. The molecule has 1 rings (SSSR count). The molecule has 0 spiro atoms. The fourth-order valence-electron chi connectivity index (χ4n) is 1.37. The average molecular weight is 320 g/mol. The molecule has 0 aliphatic rings. The number of halogens is 2. The second-order valence-corrected chi connectivity index (χ2v) is 5.43. The minimum absolute atomic E-state index is 0.129. The number of benzene rings is 1. The molecule has 1 atom stereocenters. The second-order valence-electron chi connectivity index (χ2n) is 3.66. The van der Waals surface area contributed by atoms with Crippen molar-refractivity contribution in [2.24, 2.45) is 0 Å². The summed E-state index contributed by atoms with van der Waals surface area (Å²) in [7, 11) is 0. The second kappa shape index (κ2) is 7.01. The molecule has 0 fully saturated rings. The molecule has 1 aromatic rings. The first kappa shape index (κ1) is 14.5. The van der Waals surface area contributed by atoms with E-state index in [1.165, 1.54) is 6.07 Å². The molecule has 0 heterocycles. The lowest BCUT2D eigenvalue weighted by molar-refractivity contribution is 0.0939. The van der Waals surface area contributed by atoms with Gasteiger partial charge in [-0.05, 0) is 46.8 Å². The van der Waals surface area contributed by atoms with Gasteiger partial charge in [-0.15, -0.1) is 0 Å². The van der Waals surface area contributed by atoms with Crippen LogP contribution in [0.4, 0.5) is 4.39 Å². The van der Waals surface area contributed by atoms with Gasteiger partial charge >= 0.3 is 0 Å². The van der Waals surface area contributed by atoms with E-state index in [9.17, 15) is 9.18 Å². The highest BCUT2D eigenvalue weighted by atomic mass is 79.9. The molecule has 0 aromatic heterocycles. The van der Waals surface area contributed by atoms with E-state index in [0.717, 1.165) is 12.2 Å². The third-order valence-electron chi connectivity index (χ3n) is 2.38. The van der Waals surface area contributed by atoms with Crippen LogP contribution in [0.25, 0.3) is 0 Å². The van der Waals surface area contributed by atoms with Crippen LogP contribution in [-0.2, 0) is 0 Å². The molecule has 1 unspecified atom stereocenters. The minimum Gasteiger partial charge on any atom is -0.348 e. The topological polar surface area (TPSA) is 29.1 Å². The van der Waals surface area contributed by atoms with E-state index in [0.29, 0.717) is 10.0 Å². The largest absolute Gasteiger partial charge is 0.348 e. The van der Waals surface area contributed by atoms with Crippen LogP contribution in [0.5, 0.6) is 0 Å². The summed E-state index contributed by atoms with van der Waals surface area (Å²) in [5.41, 5.74) is 0.352. The van der Waals surface area contributed by atoms with Gasteiger partial charge in [-0.2, -0.15) is 11.8 Å². The van der Waals surface area contributed by atoms with E-state index >= 15 is 0 Å². The number of amides is 1. The van der Waals surface area contributed by atoms with Gasteiger partial charge in [0, 0.05) is 17.4 Å². The van der Waals surface area contributed by atoms with Crippen molar-refractivity contribution in [2.45, 2.75) is 19.4 Å². The molecule has 17 heavy (non-hydrogen) atoms. The Morgan fingerprint density at radius 3 is 2.82 bits per heavy atom. The molecule has 0 bridgehead atoms. The van der Waals surface area contributed by atoms with Gasteiger partial charge in [-0.3, -0.25) is 4.79 Å². The van der Waals surface area contributed by atoms with Gasteiger partial charge < -0.3 is 5.32 Å². The molecular weight excluding hydrogens is 305 g/mol. The van der Waals surface area contributed by atoms with Crippen LogP contribution in [0.1, 0.15) is 23.7 Å². The molecule has 2 nitrogen and oxygen atoms in total. The van der Waals surface area contributed by atoms with E-state index in [-0.39, 0.29) is 11.9 Å². The predicted molar refractivity (Wildman–Crippen MR) is 74.0 cm³/mol. The van der Waals surface area contributed by atoms with Gasteiger partial charge in [0.1, 0.15) is 5.82 Å². The third-order valence-corrected chi connectivity index (χ3v) is 3.76. The minimum atomic E-state index is -0.421. The van der Waals surface area contributed by atoms with Gasteiger partial charge in [-0.25, -0.2) is 4.39 Å². The maximum absolute atomic E-state index is 13.3. The maximum Gasteiger partial charge on any atom is 0.251 e. The summed E-state index contributed by atoms with van der Waals surface area (Å²) in [6, 6.07) is 4.52. The summed E-state index contributed by atoms with van der Waals surface area (Å²) in [6.07, 6.45) is 2.86. The summed E-state index contributed by atoms with van der Waals surface area (Å²) >= 11 is 4.74. The Morgan fingerprint density at radius 1 is 1.59 bits per heavy atom. The number of nitrogens with one attached hydrogen (secondary N) is 1. The third kappa shape index (κ3) is 4.32. The normalized spacial score (nSPS) is 12.2. The maximum atomic E-state index is 13.3. The smallest absolute Gasteiger partial charge is 0.251 e. The lowest BCUT2D eigenvalue weighted by Gasteiger charge is -2.15. The van der Waals surface area contributed by atoms with E-state index < -0.39 is 5.82 Å². The molecule has 1 aromatic carbocycles. The first-order valence-electron chi connectivity index (χ1n) is 5.33. The van der Waals surface area contributed by atoms with Gasteiger partial charge in [0.05, 0.1) is 4.47 Å². The van der Waals surface area contributed by atoms with Crippen molar-refractivity contribution in [2.75, 3.05) is 12.0 Å². The van der Waals surface area contributed by atoms with Crippen molar-refractivity contribution in [3.63, 3.8) is 0 Å².